The molecule has 144 valence electrons. The van der Waals surface area contributed by atoms with Crippen molar-refractivity contribution in [2.75, 3.05) is 19.6 Å². The van der Waals surface area contributed by atoms with Crippen molar-refractivity contribution in [1.82, 2.24) is 19.6 Å². The summed E-state index contributed by atoms with van der Waals surface area (Å²) in [6.45, 7) is 1.63. The molecule has 1 aliphatic heterocycles. The van der Waals surface area contributed by atoms with Crippen LogP contribution in [0.25, 0.3) is 5.65 Å². The van der Waals surface area contributed by atoms with E-state index in [9.17, 15) is 14.4 Å². The number of nitrogens with zero attached hydrogens (tertiary/aromatic N) is 3. The van der Waals surface area contributed by atoms with E-state index in [-0.39, 0.29) is 17.4 Å². The first kappa shape index (κ1) is 18.0. The number of fused-ring (bicyclic) bond motifs is 1. The Labute approximate surface area is 160 Å². The van der Waals surface area contributed by atoms with Gasteiger partial charge in [-0.2, -0.15) is 0 Å². The lowest BCUT2D eigenvalue weighted by Crippen LogP contribution is -2.44. The average Bonchev–Trinajstić information content (AvgIpc) is 3.27. The van der Waals surface area contributed by atoms with Crippen LogP contribution >= 0.6 is 0 Å². The number of pyridine rings is 1. The summed E-state index contributed by atoms with van der Waals surface area (Å²) in [5.41, 5.74) is 0.624. The van der Waals surface area contributed by atoms with Crippen LogP contribution in [-0.2, 0) is 0 Å². The second-order valence-corrected chi connectivity index (χ2v) is 6.89. The van der Waals surface area contributed by atoms with Gasteiger partial charge < -0.3 is 14.6 Å². The van der Waals surface area contributed by atoms with Crippen molar-refractivity contribution in [3.05, 3.63) is 70.7 Å². The van der Waals surface area contributed by atoms with Gasteiger partial charge in [-0.25, -0.2) is 4.98 Å². The monoisotopic (exact) mass is 380 g/mol. The van der Waals surface area contributed by atoms with E-state index in [0.717, 1.165) is 12.8 Å². The van der Waals surface area contributed by atoms with Gasteiger partial charge in [0.05, 0.1) is 11.8 Å². The summed E-state index contributed by atoms with van der Waals surface area (Å²) < 4.78 is 6.33. The molecular weight excluding hydrogens is 360 g/mol. The van der Waals surface area contributed by atoms with Crippen LogP contribution in [0.3, 0.4) is 0 Å². The molecule has 8 heteroatoms. The van der Waals surface area contributed by atoms with Crippen LogP contribution < -0.4 is 10.9 Å². The molecule has 0 aliphatic carbocycles. The molecule has 1 fully saturated rings. The summed E-state index contributed by atoms with van der Waals surface area (Å²) >= 11 is 0. The lowest BCUT2D eigenvalue weighted by molar-refractivity contribution is 0.0670. The van der Waals surface area contributed by atoms with E-state index >= 15 is 0 Å². The molecule has 8 nitrogen and oxygen atoms in total. The number of hydrogen-bond acceptors (Lipinski definition) is 5. The quantitative estimate of drug-likeness (QED) is 0.741. The normalized spacial score (nSPS) is 16.9. The first-order valence-corrected chi connectivity index (χ1v) is 9.19. The van der Waals surface area contributed by atoms with Crippen LogP contribution in [0.1, 0.15) is 33.6 Å². The zero-order valence-corrected chi connectivity index (χ0v) is 15.2. The lowest BCUT2D eigenvalue weighted by atomic mass is 9.97. The first-order valence-electron chi connectivity index (χ1n) is 9.19. The number of rotatable bonds is 4. The third kappa shape index (κ3) is 3.53. The van der Waals surface area contributed by atoms with Crippen molar-refractivity contribution in [3.63, 3.8) is 0 Å². The topological polar surface area (TPSA) is 96.9 Å². The summed E-state index contributed by atoms with van der Waals surface area (Å²) in [6.07, 6.45) is 7.58. The molecule has 0 bridgehead atoms. The van der Waals surface area contributed by atoms with Gasteiger partial charge in [0.15, 0.2) is 0 Å². The predicted octanol–water partition coefficient (Wildman–Crippen LogP) is 1.57. The van der Waals surface area contributed by atoms with Crippen molar-refractivity contribution in [2.24, 2.45) is 5.92 Å². The van der Waals surface area contributed by atoms with E-state index in [1.165, 1.54) is 23.1 Å². The maximum atomic E-state index is 12.5. The minimum atomic E-state index is -0.450. The number of carbonyl (C=O) groups is 2. The fourth-order valence-corrected chi connectivity index (χ4v) is 3.50. The molecule has 2 amide bonds. The van der Waals surface area contributed by atoms with Gasteiger partial charge in [-0.05, 0) is 37.0 Å². The van der Waals surface area contributed by atoms with Gasteiger partial charge in [-0.15, -0.1) is 0 Å². The van der Waals surface area contributed by atoms with Crippen LogP contribution in [0, 0.1) is 5.92 Å². The van der Waals surface area contributed by atoms with Crippen molar-refractivity contribution in [3.8, 4) is 0 Å². The van der Waals surface area contributed by atoms with Gasteiger partial charge in [-0.3, -0.25) is 18.8 Å². The highest BCUT2D eigenvalue weighted by Gasteiger charge is 2.25. The molecule has 0 aromatic carbocycles. The van der Waals surface area contributed by atoms with E-state index in [1.54, 1.807) is 35.4 Å². The fourth-order valence-electron chi connectivity index (χ4n) is 3.50. The number of carbonyl (C=O) groups excluding carboxylic acids is 2. The minimum absolute atomic E-state index is 0.00541. The Bertz CT molecular complexity index is 1060. The summed E-state index contributed by atoms with van der Waals surface area (Å²) in [5.74, 6) is -0.388. The summed E-state index contributed by atoms with van der Waals surface area (Å²) in [4.78, 5) is 43.4. The summed E-state index contributed by atoms with van der Waals surface area (Å²) in [6, 6.07) is 6.84. The second-order valence-electron chi connectivity index (χ2n) is 6.89. The third-order valence-electron chi connectivity index (χ3n) is 4.98. The standard InChI is InChI=1S/C20H20N4O4/c25-18(16-11-21-17-5-1-2-8-24(17)20(16)27)22-10-14-4-3-7-23(12-14)19(26)15-6-9-28-13-15/h1-2,5-6,8-9,11,13-14H,3-4,7,10,12H2,(H,22,25). The molecule has 3 aromatic heterocycles. The van der Waals surface area contributed by atoms with Crippen molar-refractivity contribution >= 4 is 17.5 Å². The molecule has 1 N–H and O–H groups in total. The fraction of sp³-hybridized carbons (Fsp3) is 0.300. The summed E-state index contributed by atoms with van der Waals surface area (Å²) in [5, 5.41) is 2.82. The second kappa shape index (κ2) is 7.67. The molecule has 4 rings (SSSR count). The minimum Gasteiger partial charge on any atom is -0.472 e. The van der Waals surface area contributed by atoms with Gasteiger partial charge in [0.25, 0.3) is 17.4 Å². The Morgan fingerprint density at radius 2 is 2.18 bits per heavy atom. The number of likely N-dealkylation sites (tertiary alicyclic amines) is 1. The molecule has 28 heavy (non-hydrogen) atoms. The largest absolute Gasteiger partial charge is 0.472 e. The number of aromatic nitrogens is 2. The van der Waals surface area contributed by atoms with E-state index < -0.39 is 11.5 Å². The zero-order valence-electron chi connectivity index (χ0n) is 15.2. The predicted molar refractivity (Wildman–Crippen MR) is 101 cm³/mol. The van der Waals surface area contributed by atoms with Gasteiger partial charge in [0.2, 0.25) is 0 Å². The molecule has 4 heterocycles. The number of nitrogens with one attached hydrogen (secondary N) is 1. The Balaban J connectivity index is 1.40. The van der Waals surface area contributed by atoms with Gasteiger partial charge in [-0.1, -0.05) is 6.07 Å². The molecule has 0 saturated carbocycles. The maximum absolute atomic E-state index is 12.5. The van der Waals surface area contributed by atoms with E-state index in [1.807, 2.05) is 0 Å². The molecule has 3 aromatic rings. The highest BCUT2D eigenvalue weighted by molar-refractivity contribution is 5.94. The molecular formula is C20H20N4O4. The maximum Gasteiger partial charge on any atom is 0.270 e. The highest BCUT2D eigenvalue weighted by Crippen LogP contribution is 2.18. The third-order valence-corrected chi connectivity index (χ3v) is 4.98. The Kier molecular flexibility index (Phi) is 4.92. The Morgan fingerprint density at radius 3 is 3.00 bits per heavy atom. The highest BCUT2D eigenvalue weighted by atomic mass is 16.3. The zero-order chi connectivity index (χ0) is 19.5. The van der Waals surface area contributed by atoms with Crippen molar-refractivity contribution in [1.29, 1.82) is 0 Å². The van der Waals surface area contributed by atoms with Crippen LogP contribution in [0.5, 0.6) is 0 Å². The average molecular weight is 380 g/mol. The lowest BCUT2D eigenvalue weighted by Gasteiger charge is -2.32. The van der Waals surface area contributed by atoms with E-state index in [4.69, 9.17) is 4.42 Å². The smallest absolute Gasteiger partial charge is 0.270 e. The van der Waals surface area contributed by atoms with E-state index in [0.29, 0.717) is 30.8 Å². The number of piperidine rings is 1. The van der Waals surface area contributed by atoms with Gasteiger partial charge >= 0.3 is 0 Å². The molecule has 0 radical (unpaired) electrons. The van der Waals surface area contributed by atoms with Crippen molar-refractivity contribution in [2.45, 2.75) is 12.8 Å². The molecule has 0 spiro atoms. The van der Waals surface area contributed by atoms with Crippen LogP contribution in [0.4, 0.5) is 0 Å². The Morgan fingerprint density at radius 1 is 1.29 bits per heavy atom. The van der Waals surface area contributed by atoms with E-state index in [2.05, 4.69) is 10.3 Å². The Hall–Kier alpha value is -3.42. The number of furan rings is 1. The molecule has 1 saturated heterocycles. The molecule has 1 aliphatic rings. The van der Waals surface area contributed by atoms with Gasteiger partial charge in [0.1, 0.15) is 17.5 Å². The van der Waals surface area contributed by atoms with Crippen LogP contribution in [-0.4, -0.2) is 45.7 Å². The van der Waals surface area contributed by atoms with Gasteiger partial charge in [0, 0.05) is 32.0 Å². The SMILES string of the molecule is O=C(NCC1CCCN(C(=O)c2ccoc2)C1)c1cnc2ccccn2c1=O. The number of hydrogen-bond donors (Lipinski definition) is 1. The van der Waals surface area contributed by atoms with Crippen LogP contribution in [0.2, 0.25) is 0 Å². The van der Waals surface area contributed by atoms with Crippen molar-refractivity contribution < 1.29 is 14.0 Å². The van der Waals surface area contributed by atoms with Crippen LogP contribution in [0.15, 0.2) is 58.4 Å². The molecule has 1 atom stereocenters. The molecule has 1 unspecified atom stereocenters. The summed E-state index contributed by atoms with van der Waals surface area (Å²) in [7, 11) is 0. The first-order chi connectivity index (χ1) is 13.6. The number of amides is 2.